The number of carbonyl (C=O) groups is 1. The molecule has 6 heteroatoms. The molecule has 0 radical (unpaired) electrons. The van der Waals surface area contributed by atoms with Gasteiger partial charge in [-0.15, -0.1) is 0 Å². The smallest absolute Gasteiger partial charge is 0.280 e. The summed E-state index contributed by atoms with van der Waals surface area (Å²) in [5.74, 6) is 1.15. The molecule has 3 rings (SSSR count). The first-order chi connectivity index (χ1) is 12.0. The summed E-state index contributed by atoms with van der Waals surface area (Å²) in [7, 11) is 3.18. The Morgan fingerprint density at radius 3 is 2.60 bits per heavy atom. The average molecular weight is 401 g/mol. The van der Waals surface area contributed by atoms with Crippen LogP contribution in [-0.4, -0.2) is 25.8 Å². The van der Waals surface area contributed by atoms with Crippen LogP contribution in [0, 0.1) is 0 Å². The lowest BCUT2D eigenvalue weighted by Crippen LogP contribution is -2.21. The van der Waals surface area contributed by atoms with Gasteiger partial charge in [-0.25, -0.2) is 0 Å². The molecule has 2 aromatic rings. The van der Waals surface area contributed by atoms with Gasteiger partial charge in [0.15, 0.2) is 0 Å². The number of benzene rings is 2. The van der Waals surface area contributed by atoms with Gasteiger partial charge in [-0.1, -0.05) is 22.0 Å². The average Bonchev–Trinajstić information content (AvgIpc) is 2.90. The maximum Gasteiger partial charge on any atom is 0.280 e. The molecule has 5 nitrogen and oxygen atoms in total. The Kier molecular flexibility index (Phi) is 4.90. The number of halogens is 1. The van der Waals surface area contributed by atoms with Gasteiger partial charge in [0.05, 0.1) is 31.2 Å². The van der Waals surface area contributed by atoms with E-state index in [1.54, 1.807) is 26.4 Å². The highest BCUT2D eigenvalue weighted by Crippen LogP contribution is 2.30. The zero-order chi connectivity index (χ0) is 18.0. The van der Waals surface area contributed by atoms with E-state index in [0.717, 1.165) is 10.0 Å². The standard InChI is InChI=1S/C19H17BrN2O3/c1-12-17(9-13-7-8-16(24-2)11-18(13)25-3)19(23)22(21-12)15-6-4-5-14(20)10-15/h4-11H,1-3H3. The third-order valence-corrected chi connectivity index (χ3v) is 4.35. The Balaban J connectivity index is 1.98. The van der Waals surface area contributed by atoms with Crippen molar-refractivity contribution >= 4 is 39.3 Å². The number of rotatable bonds is 4. The highest BCUT2D eigenvalue weighted by molar-refractivity contribution is 9.10. The van der Waals surface area contributed by atoms with Gasteiger partial charge in [-0.05, 0) is 43.3 Å². The molecule has 0 saturated heterocycles. The van der Waals surface area contributed by atoms with Crippen LogP contribution >= 0.6 is 15.9 Å². The van der Waals surface area contributed by atoms with Crippen LogP contribution in [0.25, 0.3) is 6.08 Å². The highest BCUT2D eigenvalue weighted by atomic mass is 79.9. The van der Waals surface area contributed by atoms with Crippen LogP contribution < -0.4 is 14.5 Å². The Hall–Kier alpha value is -2.60. The van der Waals surface area contributed by atoms with Gasteiger partial charge in [0, 0.05) is 16.1 Å². The van der Waals surface area contributed by atoms with Crippen LogP contribution in [-0.2, 0) is 4.79 Å². The highest BCUT2D eigenvalue weighted by Gasteiger charge is 2.29. The number of amides is 1. The van der Waals surface area contributed by atoms with E-state index in [9.17, 15) is 4.79 Å². The second-order valence-electron chi connectivity index (χ2n) is 5.45. The monoisotopic (exact) mass is 400 g/mol. The van der Waals surface area contributed by atoms with Gasteiger partial charge in [0.2, 0.25) is 0 Å². The first-order valence-corrected chi connectivity index (χ1v) is 8.42. The molecule has 1 amide bonds. The molecule has 0 saturated carbocycles. The Labute approximate surface area is 154 Å². The quantitative estimate of drug-likeness (QED) is 0.719. The fourth-order valence-corrected chi connectivity index (χ4v) is 2.95. The van der Waals surface area contributed by atoms with Gasteiger partial charge in [-0.2, -0.15) is 10.1 Å². The lowest BCUT2D eigenvalue weighted by Gasteiger charge is -2.12. The summed E-state index contributed by atoms with van der Waals surface area (Å²) >= 11 is 3.42. The minimum Gasteiger partial charge on any atom is -0.497 e. The summed E-state index contributed by atoms with van der Waals surface area (Å²) in [6.45, 7) is 1.82. The number of nitrogens with zero attached hydrogens (tertiary/aromatic N) is 2. The van der Waals surface area contributed by atoms with E-state index in [1.807, 2.05) is 43.3 Å². The lowest BCUT2D eigenvalue weighted by molar-refractivity contribution is -0.114. The van der Waals surface area contributed by atoms with Gasteiger partial charge in [0.1, 0.15) is 11.5 Å². The number of methoxy groups -OCH3 is 2. The minimum atomic E-state index is -0.173. The zero-order valence-electron chi connectivity index (χ0n) is 14.1. The number of anilines is 1. The van der Waals surface area contributed by atoms with Crippen LogP contribution in [0.5, 0.6) is 11.5 Å². The van der Waals surface area contributed by atoms with Crippen molar-refractivity contribution in [2.24, 2.45) is 5.10 Å². The van der Waals surface area contributed by atoms with Crippen molar-refractivity contribution in [3.05, 3.63) is 58.1 Å². The summed E-state index contributed by atoms with van der Waals surface area (Å²) in [5, 5.41) is 5.80. The van der Waals surface area contributed by atoms with Crippen molar-refractivity contribution in [3.63, 3.8) is 0 Å². The molecule has 0 aromatic heterocycles. The van der Waals surface area contributed by atoms with Gasteiger partial charge in [-0.3, -0.25) is 4.79 Å². The first kappa shape index (κ1) is 17.2. The van der Waals surface area contributed by atoms with Gasteiger partial charge < -0.3 is 9.47 Å². The van der Waals surface area contributed by atoms with E-state index < -0.39 is 0 Å². The minimum absolute atomic E-state index is 0.173. The van der Waals surface area contributed by atoms with Crippen LogP contribution in [0.3, 0.4) is 0 Å². The van der Waals surface area contributed by atoms with E-state index >= 15 is 0 Å². The van der Waals surface area contributed by atoms with Crippen LogP contribution in [0.4, 0.5) is 5.69 Å². The normalized spacial score (nSPS) is 15.5. The summed E-state index contributed by atoms with van der Waals surface area (Å²) in [4.78, 5) is 12.8. The van der Waals surface area contributed by atoms with Gasteiger partial charge >= 0.3 is 0 Å². The topological polar surface area (TPSA) is 51.1 Å². The third kappa shape index (κ3) is 3.44. The lowest BCUT2D eigenvalue weighted by atomic mass is 10.1. The van der Waals surface area contributed by atoms with Gasteiger partial charge in [0.25, 0.3) is 5.91 Å². The van der Waals surface area contributed by atoms with Crippen molar-refractivity contribution < 1.29 is 14.3 Å². The molecule has 1 heterocycles. The predicted molar refractivity (Wildman–Crippen MR) is 102 cm³/mol. The van der Waals surface area contributed by atoms with Crippen molar-refractivity contribution in [2.45, 2.75) is 6.92 Å². The van der Waals surface area contributed by atoms with Crippen molar-refractivity contribution in [1.82, 2.24) is 0 Å². The summed E-state index contributed by atoms with van der Waals surface area (Å²) in [6, 6.07) is 12.9. The van der Waals surface area contributed by atoms with E-state index in [0.29, 0.717) is 28.5 Å². The number of carbonyl (C=O) groups excluding carboxylic acids is 1. The third-order valence-electron chi connectivity index (χ3n) is 3.86. The molecule has 2 aromatic carbocycles. The summed E-state index contributed by atoms with van der Waals surface area (Å²) < 4.78 is 11.5. The van der Waals surface area contributed by atoms with E-state index in [2.05, 4.69) is 21.0 Å². The fourth-order valence-electron chi connectivity index (χ4n) is 2.56. The number of hydrogen-bond acceptors (Lipinski definition) is 4. The van der Waals surface area contributed by atoms with E-state index in [4.69, 9.17) is 9.47 Å². The molecule has 0 unspecified atom stereocenters. The Bertz CT molecular complexity index is 890. The molecule has 0 atom stereocenters. The predicted octanol–water partition coefficient (Wildman–Crippen LogP) is 4.27. The van der Waals surface area contributed by atoms with Crippen molar-refractivity contribution in [2.75, 3.05) is 19.2 Å². The second kappa shape index (κ2) is 7.11. The van der Waals surface area contributed by atoms with Crippen LogP contribution in [0.15, 0.2) is 57.6 Å². The maximum absolute atomic E-state index is 12.8. The molecule has 0 aliphatic carbocycles. The first-order valence-electron chi connectivity index (χ1n) is 7.63. The van der Waals surface area contributed by atoms with Crippen LogP contribution in [0.2, 0.25) is 0 Å². The number of hydrogen-bond donors (Lipinski definition) is 0. The van der Waals surface area contributed by atoms with E-state index in [1.165, 1.54) is 5.01 Å². The summed E-state index contributed by atoms with van der Waals surface area (Å²) in [5.41, 5.74) is 2.69. The fraction of sp³-hybridized carbons (Fsp3) is 0.158. The molecular formula is C19H17BrN2O3. The zero-order valence-corrected chi connectivity index (χ0v) is 15.7. The van der Waals surface area contributed by atoms with Crippen molar-refractivity contribution in [1.29, 1.82) is 0 Å². The second-order valence-corrected chi connectivity index (χ2v) is 6.36. The largest absolute Gasteiger partial charge is 0.497 e. The molecule has 25 heavy (non-hydrogen) atoms. The maximum atomic E-state index is 12.8. The Morgan fingerprint density at radius 2 is 1.92 bits per heavy atom. The Morgan fingerprint density at radius 1 is 1.12 bits per heavy atom. The molecular weight excluding hydrogens is 384 g/mol. The number of ether oxygens (including phenoxy) is 2. The molecule has 128 valence electrons. The number of hydrazone groups is 1. The molecule has 0 N–H and O–H groups in total. The molecule has 1 aliphatic heterocycles. The van der Waals surface area contributed by atoms with Crippen molar-refractivity contribution in [3.8, 4) is 11.5 Å². The van der Waals surface area contributed by atoms with Crippen LogP contribution in [0.1, 0.15) is 12.5 Å². The SMILES string of the molecule is COc1ccc(C=C2C(=O)N(c3cccc(Br)c3)N=C2C)c(OC)c1. The molecule has 0 fully saturated rings. The van der Waals surface area contributed by atoms with E-state index in [-0.39, 0.29) is 5.91 Å². The summed E-state index contributed by atoms with van der Waals surface area (Å²) in [6.07, 6.45) is 1.79. The molecule has 0 spiro atoms. The molecule has 0 bridgehead atoms. The molecule has 1 aliphatic rings.